The van der Waals surface area contributed by atoms with Crippen LogP contribution >= 0.6 is 0 Å². The molecule has 4 rings (SSSR count). The van der Waals surface area contributed by atoms with Gasteiger partial charge in [-0.3, -0.25) is 9.59 Å². The molecule has 1 fully saturated rings. The summed E-state index contributed by atoms with van der Waals surface area (Å²) in [4.78, 5) is 29.4. The van der Waals surface area contributed by atoms with Crippen LogP contribution in [0, 0.1) is 0 Å². The molecule has 2 atom stereocenters. The van der Waals surface area contributed by atoms with Crippen molar-refractivity contribution in [1.29, 1.82) is 0 Å². The number of ether oxygens (including phenoxy) is 4. The normalized spacial score (nSPS) is 15.3. The topological polar surface area (TPSA) is 86.3 Å². The zero-order valence-electron chi connectivity index (χ0n) is 22.7. The third-order valence-electron chi connectivity index (χ3n) is 6.84. The van der Waals surface area contributed by atoms with Gasteiger partial charge in [0.25, 0.3) is 0 Å². The number of benzene rings is 3. The lowest BCUT2D eigenvalue weighted by atomic mass is 10.0. The van der Waals surface area contributed by atoms with E-state index in [2.05, 4.69) is 5.32 Å². The van der Waals surface area contributed by atoms with E-state index in [1.165, 1.54) is 0 Å². The average molecular weight is 533 g/mol. The molecule has 0 aromatic heterocycles. The number of nitrogens with zero attached hydrogens (tertiary/aromatic N) is 1. The molecule has 0 saturated carbocycles. The SMILES string of the molecule is COc1ccc(CN(C(=O)Cc2ccc(OC)c(OC)c2)[C@H](C(=O)NC[C@H]2CCCO2)c2ccccc2)cc1. The van der Waals surface area contributed by atoms with E-state index in [1.807, 2.05) is 60.7 Å². The van der Waals surface area contributed by atoms with Gasteiger partial charge in [-0.05, 0) is 53.8 Å². The Morgan fingerprint density at radius 2 is 1.64 bits per heavy atom. The summed E-state index contributed by atoms with van der Waals surface area (Å²) in [5, 5.41) is 3.05. The Hall–Kier alpha value is -4.04. The zero-order valence-corrected chi connectivity index (χ0v) is 22.7. The molecule has 8 heteroatoms. The molecule has 3 aromatic rings. The molecule has 39 heavy (non-hydrogen) atoms. The summed E-state index contributed by atoms with van der Waals surface area (Å²) in [5.74, 6) is 1.40. The van der Waals surface area contributed by atoms with Crippen molar-refractivity contribution < 1.29 is 28.5 Å². The lowest BCUT2D eigenvalue weighted by molar-refractivity contribution is -0.141. The molecule has 8 nitrogen and oxygen atoms in total. The van der Waals surface area contributed by atoms with Crippen LogP contribution in [0.2, 0.25) is 0 Å². The molecule has 206 valence electrons. The summed E-state index contributed by atoms with van der Waals surface area (Å²) in [5.41, 5.74) is 2.37. The quantitative estimate of drug-likeness (QED) is 0.374. The summed E-state index contributed by atoms with van der Waals surface area (Å²) in [6.45, 7) is 1.35. The summed E-state index contributed by atoms with van der Waals surface area (Å²) < 4.78 is 21.8. The van der Waals surface area contributed by atoms with E-state index in [1.54, 1.807) is 38.4 Å². The maximum Gasteiger partial charge on any atom is 0.247 e. The molecule has 3 aromatic carbocycles. The summed E-state index contributed by atoms with van der Waals surface area (Å²) in [6, 6.07) is 21.5. The van der Waals surface area contributed by atoms with Gasteiger partial charge in [-0.1, -0.05) is 48.5 Å². The number of hydrogen-bond acceptors (Lipinski definition) is 6. The van der Waals surface area contributed by atoms with Gasteiger partial charge >= 0.3 is 0 Å². The predicted molar refractivity (Wildman–Crippen MR) is 148 cm³/mol. The largest absolute Gasteiger partial charge is 0.497 e. The summed E-state index contributed by atoms with van der Waals surface area (Å²) in [6.07, 6.45) is 1.96. The van der Waals surface area contributed by atoms with E-state index >= 15 is 0 Å². The van der Waals surface area contributed by atoms with Crippen LogP contribution in [0.15, 0.2) is 72.8 Å². The lowest BCUT2D eigenvalue weighted by Crippen LogP contribution is -2.45. The average Bonchev–Trinajstić information content (AvgIpc) is 3.50. The van der Waals surface area contributed by atoms with Gasteiger partial charge in [0.2, 0.25) is 11.8 Å². The molecule has 1 aliphatic heterocycles. The fraction of sp³-hybridized carbons (Fsp3) is 0.355. The minimum absolute atomic E-state index is 0.0112. The van der Waals surface area contributed by atoms with Crippen LogP contribution < -0.4 is 19.5 Å². The third kappa shape index (κ3) is 7.29. The first-order valence-corrected chi connectivity index (χ1v) is 13.1. The second-order valence-corrected chi connectivity index (χ2v) is 9.43. The Bertz CT molecular complexity index is 1230. The molecular weight excluding hydrogens is 496 g/mol. The summed E-state index contributed by atoms with van der Waals surface area (Å²) >= 11 is 0. The number of carbonyl (C=O) groups is 2. The van der Waals surface area contributed by atoms with Crippen LogP contribution in [0.3, 0.4) is 0 Å². The second kappa shape index (κ2) is 13.7. The van der Waals surface area contributed by atoms with Crippen LogP contribution in [0.25, 0.3) is 0 Å². The van der Waals surface area contributed by atoms with E-state index in [0.717, 1.165) is 35.3 Å². The molecule has 1 N–H and O–H groups in total. The second-order valence-electron chi connectivity index (χ2n) is 9.43. The van der Waals surface area contributed by atoms with Crippen LogP contribution in [0.4, 0.5) is 0 Å². The van der Waals surface area contributed by atoms with Gasteiger partial charge in [-0.25, -0.2) is 0 Å². The molecule has 0 spiro atoms. The third-order valence-corrected chi connectivity index (χ3v) is 6.84. The van der Waals surface area contributed by atoms with Crippen molar-refractivity contribution in [3.63, 3.8) is 0 Å². The molecule has 1 heterocycles. The Balaban J connectivity index is 1.66. The Morgan fingerprint density at radius 1 is 0.923 bits per heavy atom. The number of methoxy groups -OCH3 is 3. The van der Waals surface area contributed by atoms with E-state index < -0.39 is 6.04 Å². The Labute approximate surface area is 229 Å². The highest BCUT2D eigenvalue weighted by Crippen LogP contribution is 2.30. The van der Waals surface area contributed by atoms with Crippen molar-refractivity contribution in [2.45, 2.75) is 38.0 Å². The number of carbonyl (C=O) groups excluding carboxylic acids is 2. The van der Waals surface area contributed by atoms with Crippen molar-refractivity contribution in [3.8, 4) is 17.2 Å². The minimum atomic E-state index is -0.831. The fourth-order valence-electron chi connectivity index (χ4n) is 4.74. The van der Waals surface area contributed by atoms with Gasteiger partial charge in [0.15, 0.2) is 11.5 Å². The van der Waals surface area contributed by atoms with Crippen molar-refractivity contribution in [3.05, 3.63) is 89.5 Å². The molecule has 2 amide bonds. The van der Waals surface area contributed by atoms with Crippen molar-refractivity contribution in [1.82, 2.24) is 10.2 Å². The number of amides is 2. The van der Waals surface area contributed by atoms with Crippen molar-refractivity contribution >= 4 is 11.8 Å². The van der Waals surface area contributed by atoms with E-state index in [9.17, 15) is 9.59 Å². The van der Waals surface area contributed by atoms with Crippen LogP contribution in [0.1, 0.15) is 35.6 Å². The standard InChI is InChI=1S/C31H36N2O6/c1-36-25-14-11-22(12-15-25)21-33(29(34)19-23-13-16-27(37-2)28(18-23)38-3)30(24-8-5-4-6-9-24)31(35)32-20-26-10-7-17-39-26/h4-6,8-9,11-16,18,26,30H,7,10,17,19-21H2,1-3H3,(H,32,35)/t26-,30+/m1/s1. The first-order valence-electron chi connectivity index (χ1n) is 13.1. The van der Waals surface area contributed by atoms with E-state index in [0.29, 0.717) is 24.7 Å². The van der Waals surface area contributed by atoms with Gasteiger partial charge in [0.05, 0.1) is 33.9 Å². The molecule has 0 aliphatic carbocycles. The highest BCUT2D eigenvalue weighted by Gasteiger charge is 2.32. The highest BCUT2D eigenvalue weighted by atomic mass is 16.5. The van der Waals surface area contributed by atoms with Crippen LogP contribution in [0.5, 0.6) is 17.2 Å². The molecular formula is C31H36N2O6. The first kappa shape index (κ1) is 28.0. The Morgan fingerprint density at radius 3 is 2.28 bits per heavy atom. The van der Waals surface area contributed by atoms with Gasteiger partial charge < -0.3 is 29.2 Å². The summed E-state index contributed by atoms with van der Waals surface area (Å²) in [7, 11) is 4.74. The number of hydrogen-bond donors (Lipinski definition) is 1. The molecule has 1 saturated heterocycles. The zero-order chi connectivity index (χ0) is 27.6. The van der Waals surface area contributed by atoms with E-state index in [4.69, 9.17) is 18.9 Å². The molecule has 0 bridgehead atoms. The maximum absolute atomic E-state index is 14.0. The van der Waals surface area contributed by atoms with Gasteiger partial charge in [0.1, 0.15) is 11.8 Å². The molecule has 0 radical (unpaired) electrons. The predicted octanol–water partition coefficient (Wildman–Crippen LogP) is 4.32. The first-order chi connectivity index (χ1) is 19.0. The fourth-order valence-corrected chi connectivity index (χ4v) is 4.74. The highest BCUT2D eigenvalue weighted by molar-refractivity contribution is 5.89. The smallest absolute Gasteiger partial charge is 0.247 e. The van der Waals surface area contributed by atoms with Crippen molar-refractivity contribution in [2.24, 2.45) is 0 Å². The maximum atomic E-state index is 14.0. The van der Waals surface area contributed by atoms with Crippen LogP contribution in [-0.2, 0) is 27.3 Å². The van der Waals surface area contributed by atoms with Crippen molar-refractivity contribution in [2.75, 3.05) is 34.5 Å². The van der Waals surface area contributed by atoms with Gasteiger partial charge in [0, 0.05) is 19.7 Å². The Kier molecular flexibility index (Phi) is 9.80. The van der Waals surface area contributed by atoms with Gasteiger partial charge in [-0.15, -0.1) is 0 Å². The number of rotatable bonds is 12. The van der Waals surface area contributed by atoms with Gasteiger partial charge in [-0.2, -0.15) is 0 Å². The monoisotopic (exact) mass is 532 g/mol. The minimum Gasteiger partial charge on any atom is -0.497 e. The number of nitrogens with one attached hydrogen (secondary N) is 1. The molecule has 1 aliphatic rings. The van der Waals surface area contributed by atoms with Crippen LogP contribution in [-0.4, -0.2) is 57.3 Å². The lowest BCUT2D eigenvalue weighted by Gasteiger charge is -2.32. The van der Waals surface area contributed by atoms with E-state index in [-0.39, 0.29) is 30.9 Å². The molecule has 0 unspecified atom stereocenters.